The standard InChI is InChI=1S/C18H25FN4S.C2H6/c1-12(2)22-24-23-15-10-8-14(9-11-15)18-16(19)17(20-21-18)13-6-4-3-5-7-13;1-2/h3-7,12,14-15,22-23H,8-11H2,1-2H3,(H,20,21);1-2H3. The van der Waals surface area contributed by atoms with Crippen LogP contribution in [0, 0.1) is 5.82 Å². The van der Waals surface area contributed by atoms with E-state index in [1.54, 1.807) is 12.1 Å². The summed E-state index contributed by atoms with van der Waals surface area (Å²) in [5.74, 6) is 0.0459. The Labute approximate surface area is 161 Å². The molecule has 1 aromatic heterocycles. The second-order valence-corrected chi connectivity index (χ2v) is 7.38. The first kappa shape index (κ1) is 20.9. The van der Waals surface area contributed by atoms with Crippen LogP contribution in [0.4, 0.5) is 4.39 Å². The van der Waals surface area contributed by atoms with Gasteiger partial charge in [-0.3, -0.25) is 5.10 Å². The molecule has 0 unspecified atom stereocenters. The molecule has 1 aliphatic carbocycles. The molecule has 0 aliphatic heterocycles. The zero-order chi connectivity index (χ0) is 18.9. The number of halogens is 1. The monoisotopic (exact) mass is 378 g/mol. The number of rotatable bonds is 6. The molecule has 0 spiro atoms. The number of nitrogens with one attached hydrogen (secondary N) is 3. The summed E-state index contributed by atoms with van der Waals surface area (Å²) in [5.41, 5.74) is 1.92. The number of hydrogen-bond donors (Lipinski definition) is 3. The molecule has 144 valence electrons. The minimum absolute atomic E-state index is 0.187. The van der Waals surface area contributed by atoms with Gasteiger partial charge in [0.15, 0.2) is 5.82 Å². The summed E-state index contributed by atoms with van der Waals surface area (Å²) in [6, 6.07) is 10.5. The summed E-state index contributed by atoms with van der Waals surface area (Å²) in [6.07, 6.45) is 4.06. The van der Waals surface area contributed by atoms with Crippen molar-refractivity contribution in [3.63, 3.8) is 0 Å². The fraction of sp³-hybridized carbons (Fsp3) is 0.550. The lowest BCUT2D eigenvalue weighted by molar-refractivity contribution is 0.369. The lowest BCUT2D eigenvalue weighted by atomic mass is 9.84. The van der Waals surface area contributed by atoms with E-state index in [2.05, 4.69) is 33.5 Å². The molecule has 1 aliphatic rings. The Morgan fingerprint density at radius 1 is 1.12 bits per heavy atom. The van der Waals surface area contributed by atoms with Crippen molar-refractivity contribution in [2.24, 2.45) is 0 Å². The maximum absolute atomic E-state index is 14.8. The maximum atomic E-state index is 14.8. The quantitative estimate of drug-likeness (QED) is 0.588. The van der Waals surface area contributed by atoms with Gasteiger partial charge in [0.2, 0.25) is 0 Å². The molecule has 2 aromatic rings. The Hall–Kier alpha value is -1.37. The first-order chi connectivity index (χ1) is 12.6. The largest absolute Gasteiger partial charge is 0.279 e. The van der Waals surface area contributed by atoms with Gasteiger partial charge in [-0.25, -0.2) is 13.8 Å². The average molecular weight is 379 g/mol. The molecule has 0 radical (unpaired) electrons. The highest BCUT2D eigenvalue weighted by Gasteiger charge is 2.27. The van der Waals surface area contributed by atoms with Crippen LogP contribution in [0.5, 0.6) is 0 Å². The predicted octanol–water partition coefficient (Wildman–Crippen LogP) is 5.42. The highest BCUT2D eigenvalue weighted by Crippen LogP contribution is 2.35. The highest BCUT2D eigenvalue weighted by atomic mass is 32.2. The zero-order valence-electron chi connectivity index (χ0n) is 16.2. The summed E-state index contributed by atoms with van der Waals surface area (Å²) in [7, 11) is 0. The SMILES string of the molecule is CC.CC(C)NSNC1CCC(c2[nH]nc(-c3ccccc3)c2F)CC1. The first-order valence-corrected chi connectivity index (χ1v) is 10.4. The van der Waals surface area contributed by atoms with E-state index in [0.717, 1.165) is 31.2 Å². The van der Waals surface area contributed by atoms with Crippen molar-refractivity contribution < 1.29 is 4.39 Å². The van der Waals surface area contributed by atoms with Crippen LogP contribution in [0.15, 0.2) is 30.3 Å². The van der Waals surface area contributed by atoms with Gasteiger partial charge < -0.3 is 0 Å². The molecule has 1 saturated carbocycles. The van der Waals surface area contributed by atoms with E-state index in [4.69, 9.17) is 0 Å². The molecule has 3 rings (SSSR count). The number of benzene rings is 1. The van der Waals surface area contributed by atoms with Crippen LogP contribution in [-0.2, 0) is 0 Å². The molecule has 4 nitrogen and oxygen atoms in total. The minimum Gasteiger partial charge on any atom is -0.279 e. The smallest absolute Gasteiger partial charge is 0.172 e. The second kappa shape index (κ2) is 10.7. The molecule has 0 bridgehead atoms. The topological polar surface area (TPSA) is 52.7 Å². The van der Waals surface area contributed by atoms with Gasteiger partial charge in [-0.1, -0.05) is 44.2 Å². The molecular formula is C20H31FN4S. The van der Waals surface area contributed by atoms with Crippen molar-refractivity contribution in [1.82, 2.24) is 19.6 Å². The summed E-state index contributed by atoms with van der Waals surface area (Å²) in [5, 5.41) is 7.17. The molecule has 6 heteroatoms. The second-order valence-electron chi connectivity index (χ2n) is 6.71. The molecule has 1 fully saturated rings. The average Bonchev–Trinajstić information content (AvgIpc) is 3.06. The lowest BCUT2D eigenvalue weighted by Crippen LogP contribution is -2.32. The number of nitrogens with zero attached hydrogens (tertiary/aromatic N) is 1. The summed E-state index contributed by atoms with van der Waals surface area (Å²) < 4.78 is 21.5. The van der Waals surface area contributed by atoms with Gasteiger partial charge in [0.05, 0.1) is 5.69 Å². The summed E-state index contributed by atoms with van der Waals surface area (Å²) in [6.45, 7) is 8.24. The van der Waals surface area contributed by atoms with Crippen LogP contribution >= 0.6 is 12.1 Å². The van der Waals surface area contributed by atoms with Gasteiger partial charge in [-0.15, -0.1) is 0 Å². The van der Waals surface area contributed by atoms with Crippen molar-refractivity contribution in [2.45, 2.75) is 71.4 Å². The van der Waals surface area contributed by atoms with Gasteiger partial charge in [0.1, 0.15) is 5.69 Å². The highest BCUT2D eigenvalue weighted by molar-refractivity contribution is 7.95. The van der Waals surface area contributed by atoms with E-state index in [1.807, 2.05) is 44.2 Å². The van der Waals surface area contributed by atoms with Crippen molar-refractivity contribution in [3.05, 3.63) is 41.8 Å². The maximum Gasteiger partial charge on any atom is 0.172 e. The van der Waals surface area contributed by atoms with Crippen LogP contribution in [0.3, 0.4) is 0 Å². The van der Waals surface area contributed by atoms with Crippen molar-refractivity contribution in [2.75, 3.05) is 0 Å². The van der Waals surface area contributed by atoms with E-state index >= 15 is 0 Å². The van der Waals surface area contributed by atoms with Gasteiger partial charge >= 0.3 is 0 Å². The Morgan fingerprint density at radius 2 is 1.77 bits per heavy atom. The van der Waals surface area contributed by atoms with Gasteiger partial charge in [-0.05, 0) is 39.5 Å². The Kier molecular flexibility index (Phi) is 8.62. The summed E-state index contributed by atoms with van der Waals surface area (Å²) >= 11 is 1.58. The van der Waals surface area contributed by atoms with Gasteiger partial charge in [-0.2, -0.15) is 5.10 Å². The van der Waals surface area contributed by atoms with Crippen LogP contribution < -0.4 is 9.44 Å². The molecule has 1 heterocycles. The third-order valence-corrected chi connectivity index (χ3v) is 5.48. The molecule has 0 atom stereocenters. The zero-order valence-corrected chi connectivity index (χ0v) is 17.0. The Morgan fingerprint density at radius 3 is 2.38 bits per heavy atom. The van der Waals surface area contributed by atoms with Gasteiger partial charge in [0, 0.05) is 35.7 Å². The van der Waals surface area contributed by atoms with Crippen LogP contribution in [0.1, 0.15) is 65.0 Å². The fourth-order valence-corrected chi connectivity index (χ4v) is 3.84. The van der Waals surface area contributed by atoms with Crippen molar-refractivity contribution in [1.29, 1.82) is 0 Å². The number of H-pyrrole nitrogens is 1. The molecular weight excluding hydrogens is 347 g/mol. The van der Waals surface area contributed by atoms with E-state index in [9.17, 15) is 4.39 Å². The van der Waals surface area contributed by atoms with Crippen LogP contribution in [0.2, 0.25) is 0 Å². The van der Waals surface area contributed by atoms with Crippen molar-refractivity contribution in [3.8, 4) is 11.3 Å². The van der Waals surface area contributed by atoms with E-state index in [1.165, 1.54) is 0 Å². The predicted molar refractivity (Wildman–Crippen MR) is 109 cm³/mol. The van der Waals surface area contributed by atoms with E-state index in [-0.39, 0.29) is 11.7 Å². The van der Waals surface area contributed by atoms with E-state index in [0.29, 0.717) is 23.5 Å². The number of hydrogen-bond acceptors (Lipinski definition) is 4. The third kappa shape index (κ3) is 5.56. The van der Waals surface area contributed by atoms with E-state index < -0.39 is 0 Å². The normalized spacial score (nSPS) is 19.9. The van der Waals surface area contributed by atoms with Crippen LogP contribution in [-0.4, -0.2) is 22.3 Å². The fourth-order valence-electron chi connectivity index (χ4n) is 3.13. The molecule has 3 N–H and O–H groups in total. The summed E-state index contributed by atoms with van der Waals surface area (Å²) in [4.78, 5) is 0. The lowest BCUT2D eigenvalue weighted by Gasteiger charge is -2.28. The molecule has 26 heavy (non-hydrogen) atoms. The van der Waals surface area contributed by atoms with Crippen LogP contribution in [0.25, 0.3) is 11.3 Å². The Balaban J connectivity index is 0.00000117. The molecule has 1 aromatic carbocycles. The first-order valence-electron chi connectivity index (χ1n) is 9.61. The molecule has 0 amide bonds. The van der Waals surface area contributed by atoms with Crippen molar-refractivity contribution >= 4 is 12.1 Å². The third-order valence-electron chi connectivity index (χ3n) is 4.44. The molecule has 0 saturated heterocycles. The number of aromatic amines is 1. The Bertz CT molecular complexity index is 637. The minimum atomic E-state index is -0.187. The number of aromatic nitrogens is 2. The van der Waals surface area contributed by atoms with Gasteiger partial charge in [0.25, 0.3) is 0 Å².